The summed E-state index contributed by atoms with van der Waals surface area (Å²) in [4.78, 5) is 0. The molecule has 0 unspecified atom stereocenters. The van der Waals surface area contributed by atoms with E-state index in [1.54, 1.807) is 12.1 Å². The topological polar surface area (TPSA) is 74.6 Å². The Kier molecular flexibility index (Phi) is 5.19. The zero-order chi connectivity index (χ0) is 12.7. The highest BCUT2D eigenvalue weighted by atomic mass is 32.2. The number of hydrogen-bond donors (Lipinski definition) is 3. The van der Waals surface area contributed by atoms with Gasteiger partial charge < -0.3 is 5.11 Å². The van der Waals surface area contributed by atoms with Gasteiger partial charge in [0.15, 0.2) is 0 Å². The lowest BCUT2D eigenvalue weighted by molar-refractivity contribution is 0.475. The van der Waals surface area contributed by atoms with E-state index >= 15 is 0 Å². The average molecular weight is 252 g/mol. The second-order valence-corrected chi connectivity index (χ2v) is 3.63. The van der Waals surface area contributed by atoms with Crippen LogP contribution in [0.25, 0.3) is 11.1 Å². The fraction of sp³-hybridized carbons (Fsp3) is 0. The largest absolute Gasteiger partial charge is 0.508 e. The molecule has 2 aromatic carbocycles. The number of phenolic OH excluding ortho intramolecular Hbond substituents is 1. The molecule has 0 saturated carbocycles. The summed E-state index contributed by atoms with van der Waals surface area (Å²) < 4.78 is 24.2. The monoisotopic (exact) mass is 252 g/mol. The number of thiol groups is 1. The summed E-state index contributed by atoms with van der Waals surface area (Å²) in [6.07, 6.45) is 0. The first-order valence-corrected chi connectivity index (χ1v) is 5.90. The van der Waals surface area contributed by atoms with E-state index in [0.29, 0.717) is 5.75 Å². The van der Waals surface area contributed by atoms with E-state index in [-0.39, 0.29) is 0 Å². The molecule has 2 aromatic rings. The highest BCUT2D eigenvalue weighted by molar-refractivity contribution is 7.66. The molecule has 0 aliphatic carbocycles. The van der Waals surface area contributed by atoms with Crippen LogP contribution in [0, 0.1) is 0 Å². The summed E-state index contributed by atoms with van der Waals surface area (Å²) in [6.45, 7) is 0. The van der Waals surface area contributed by atoms with Crippen molar-refractivity contribution in [2.75, 3.05) is 0 Å². The fourth-order valence-electron chi connectivity index (χ4n) is 1.32. The zero-order valence-electron chi connectivity index (χ0n) is 8.85. The van der Waals surface area contributed by atoms with Crippen molar-refractivity contribution in [3.63, 3.8) is 0 Å². The van der Waals surface area contributed by atoms with Crippen LogP contribution in [0.3, 0.4) is 0 Å². The van der Waals surface area contributed by atoms with Gasteiger partial charge >= 0.3 is 0 Å². The van der Waals surface area contributed by atoms with Crippen LogP contribution in [-0.2, 0) is 11.0 Å². The van der Waals surface area contributed by atoms with Gasteiger partial charge in [0.2, 0.25) is 0 Å². The summed E-state index contributed by atoms with van der Waals surface area (Å²) in [5.41, 5.74) is 2.17. The SMILES string of the molecule is O=[SH](=O)O.Oc1cccc(-c2ccccc2)c1. The molecule has 5 heteroatoms. The minimum Gasteiger partial charge on any atom is -0.508 e. The molecule has 0 aliphatic rings. The summed E-state index contributed by atoms with van der Waals surface area (Å²) in [5.74, 6) is 0.307. The smallest absolute Gasteiger partial charge is 0.254 e. The van der Waals surface area contributed by atoms with Crippen molar-refractivity contribution in [3.8, 4) is 16.9 Å². The highest BCUT2D eigenvalue weighted by Crippen LogP contribution is 2.22. The Bertz CT molecular complexity index is 527. The molecule has 90 valence electrons. The van der Waals surface area contributed by atoms with Crippen LogP contribution in [0.5, 0.6) is 5.75 Å². The van der Waals surface area contributed by atoms with Crippen LogP contribution in [0.2, 0.25) is 0 Å². The third-order valence-electron chi connectivity index (χ3n) is 1.95. The number of benzene rings is 2. The standard InChI is InChI=1S/C12H10O.H2O3S/c13-12-8-4-7-11(9-12)10-5-2-1-3-6-10;1-4(2)3/h1-9,13H;4H,(H,1,2,3). The second kappa shape index (κ2) is 6.67. The third-order valence-corrected chi connectivity index (χ3v) is 1.95. The first-order valence-electron chi connectivity index (χ1n) is 4.77. The van der Waals surface area contributed by atoms with E-state index in [0.717, 1.165) is 11.1 Å². The molecule has 4 nitrogen and oxygen atoms in total. The van der Waals surface area contributed by atoms with Gasteiger partial charge in [-0.1, -0.05) is 42.5 Å². The minimum absolute atomic E-state index is 0.307. The van der Waals surface area contributed by atoms with Crippen molar-refractivity contribution in [2.24, 2.45) is 0 Å². The first kappa shape index (κ1) is 13.2. The van der Waals surface area contributed by atoms with Gasteiger partial charge in [-0.3, -0.25) is 4.55 Å². The summed E-state index contributed by atoms with van der Waals surface area (Å²) in [5, 5.41) is 9.27. The molecular formula is C12H12O4S. The van der Waals surface area contributed by atoms with E-state index in [1.807, 2.05) is 42.5 Å². The summed E-state index contributed by atoms with van der Waals surface area (Å²) >= 11 is 0. The normalized spacial score (nSPS) is 9.53. The lowest BCUT2D eigenvalue weighted by Crippen LogP contribution is -1.75. The second-order valence-electron chi connectivity index (χ2n) is 3.15. The molecule has 17 heavy (non-hydrogen) atoms. The van der Waals surface area contributed by atoms with E-state index in [4.69, 9.17) is 13.0 Å². The number of hydrogen-bond acceptors (Lipinski definition) is 3. The van der Waals surface area contributed by atoms with Gasteiger partial charge in [0.05, 0.1) is 0 Å². The predicted octanol–water partition coefficient (Wildman–Crippen LogP) is 2.13. The molecule has 0 fully saturated rings. The van der Waals surface area contributed by atoms with Crippen LogP contribution < -0.4 is 0 Å². The summed E-state index contributed by atoms with van der Waals surface area (Å²) in [6, 6.07) is 17.3. The van der Waals surface area contributed by atoms with Crippen molar-refractivity contribution >= 4 is 11.0 Å². The number of phenols is 1. The zero-order valence-corrected chi connectivity index (χ0v) is 9.75. The van der Waals surface area contributed by atoms with Crippen LogP contribution >= 0.6 is 0 Å². The van der Waals surface area contributed by atoms with Crippen LogP contribution in [0.1, 0.15) is 0 Å². The number of rotatable bonds is 1. The predicted molar refractivity (Wildman–Crippen MR) is 66.5 cm³/mol. The lowest BCUT2D eigenvalue weighted by atomic mass is 10.1. The van der Waals surface area contributed by atoms with Crippen molar-refractivity contribution in [1.29, 1.82) is 0 Å². The van der Waals surface area contributed by atoms with E-state index < -0.39 is 11.0 Å². The van der Waals surface area contributed by atoms with Crippen molar-refractivity contribution < 1.29 is 18.1 Å². The highest BCUT2D eigenvalue weighted by Gasteiger charge is 1.95. The first-order chi connectivity index (χ1) is 8.09. The van der Waals surface area contributed by atoms with Gasteiger partial charge in [-0.15, -0.1) is 0 Å². The molecule has 0 heterocycles. The van der Waals surface area contributed by atoms with Gasteiger partial charge in [0.25, 0.3) is 11.0 Å². The Hall–Kier alpha value is -1.85. The minimum atomic E-state index is -3.12. The van der Waals surface area contributed by atoms with Gasteiger partial charge in [-0.25, -0.2) is 8.42 Å². The number of aromatic hydroxyl groups is 1. The Balaban J connectivity index is 0.000000317. The maximum atomic E-state index is 9.27. The van der Waals surface area contributed by atoms with Crippen LogP contribution in [0.4, 0.5) is 0 Å². The van der Waals surface area contributed by atoms with Crippen LogP contribution in [-0.4, -0.2) is 18.1 Å². The molecule has 0 aromatic heterocycles. The van der Waals surface area contributed by atoms with E-state index in [9.17, 15) is 5.11 Å². The Morgan fingerprint density at radius 1 is 0.824 bits per heavy atom. The van der Waals surface area contributed by atoms with Crippen molar-refractivity contribution in [2.45, 2.75) is 0 Å². The lowest BCUT2D eigenvalue weighted by Gasteiger charge is -2.00. The molecule has 0 saturated heterocycles. The van der Waals surface area contributed by atoms with Gasteiger partial charge in [-0.05, 0) is 23.3 Å². The van der Waals surface area contributed by atoms with Gasteiger partial charge in [-0.2, -0.15) is 0 Å². The Morgan fingerprint density at radius 3 is 1.88 bits per heavy atom. The van der Waals surface area contributed by atoms with Gasteiger partial charge in [0.1, 0.15) is 5.75 Å². The summed E-state index contributed by atoms with van der Waals surface area (Å²) in [7, 11) is -3.12. The molecule has 0 aliphatic heterocycles. The molecule has 0 amide bonds. The molecular weight excluding hydrogens is 240 g/mol. The maximum Gasteiger partial charge on any atom is 0.254 e. The Labute approximate surface area is 101 Å². The molecule has 0 spiro atoms. The van der Waals surface area contributed by atoms with Crippen molar-refractivity contribution in [1.82, 2.24) is 0 Å². The molecule has 0 bridgehead atoms. The molecule has 2 N–H and O–H groups in total. The van der Waals surface area contributed by atoms with Crippen LogP contribution in [0.15, 0.2) is 54.6 Å². The molecule has 0 radical (unpaired) electrons. The van der Waals surface area contributed by atoms with Gasteiger partial charge in [0, 0.05) is 0 Å². The molecule has 0 atom stereocenters. The third kappa shape index (κ3) is 5.14. The maximum absolute atomic E-state index is 9.27. The van der Waals surface area contributed by atoms with Crippen molar-refractivity contribution in [3.05, 3.63) is 54.6 Å². The fourth-order valence-corrected chi connectivity index (χ4v) is 1.32. The Morgan fingerprint density at radius 2 is 1.35 bits per heavy atom. The van der Waals surface area contributed by atoms with E-state index in [1.165, 1.54) is 0 Å². The van der Waals surface area contributed by atoms with E-state index in [2.05, 4.69) is 0 Å². The quantitative estimate of drug-likeness (QED) is 0.537. The molecule has 2 rings (SSSR count). The average Bonchev–Trinajstić information content (AvgIpc) is 2.29.